The highest BCUT2D eigenvalue weighted by Crippen LogP contribution is 2.26. The number of aromatic nitrogens is 1. The van der Waals surface area contributed by atoms with Crippen LogP contribution in [0.15, 0.2) is 89.5 Å². The Hall–Kier alpha value is -3.05. The largest absolute Gasteiger partial charge is 0.370 e. The van der Waals surface area contributed by atoms with Crippen molar-refractivity contribution in [3.8, 4) is 0 Å². The topological polar surface area (TPSA) is 56.9 Å². The Kier molecular flexibility index (Phi) is 4.94. The molecule has 27 heavy (non-hydrogen) atoms. The summed E-state index contributed by atoms with van der Waals surface area (Å²) in [5.74, 6) is -0.116. The fraction of sp³-hybridized carbons (Fsp3) is 0.0455. The molecule has 0 saturated heterocycles. The number of fused-ring (bicyclic) bond motifs is 1. The van der Waals surface area contributed by atoms with Crippen molar-refractivity contribution in [3.05, 3.63) is 95.1 Å². The number of aromatic amines is 1. The highest BCUT2D eigenvalue weighted by Gasteiger charge is 2.21. The monoisotopic (exact) mass is 419 g/mol. The predicted molar refractivity (Wildman–Crippen MR) is 114 cm³/mol. The second kappa shape index (κ2) is 7.68. The van der Waals surface area contributed by atoms with Gasteiger partial charge in [0.05, 0.1) is 5.69 Å². The van der Waals surface area contributed by atoms with Crippen LogP contribution in [-0.2, 0) is 4.79 Å². The van der Waals surface area contributed by atoms with Crippen LogP contribution in [0.4, 0.5) is 11.4 Å². The van der Waals surface area contributed by atoms with Gasteiger partial charge in [-0.15, -0.1) is 0 Å². The summed E-state index contributed by atoms with van der Waals surface area (Å²) >= 11 is 3.45. The molecule has 1 aromatic heterocycles. The van der Waals surface area contributed by atoms with Gasteiger partial charge in [0.15, 0.2) is 0 Å². The summed E-state index contributed by atoms with van der Waals surface area (Å²) in [4.78, 5) is 16.3. The van der Waals surface area contributed by atoms with Gasteiger partial charge < -0.3 is 15.6 Å². The SMILES string of the molecule is O=C(Nc1cccc2[nH]ccc12)[C@H](Nc1ccccc1)c1ccc(Br)cc1. The van der Waals surface area contributed by atoms with Crippen LogP contribution >= 0.6 is 15.9 Å². The van der Waals surface area contributed by atoms with Crippen molar-refractivity contribution < 1.29 is 4.79 Å². The summed E-state index contributed by atoms with van der Waals surface area (Å²) in [6.45, 7) is 0. The maximum Gasteiger partial charge on any atom is 0.251 e. The maximum atomic E-state index is 13.2. The van der Waals surface area contributed by atoms with Crippen LogP contribution in [-0.4, -0.2) is 10.9 Å². The molecule has 5 heteroatoms. The van der Waals surface area contributed by atoms with Crippen molar-refractivity contribution in [2.24, 2.45) is 0 Å². The molecule has 0 spiro atoms. The summed E-state index contributed by atoms with van der Waals surface area (Å²) in [5, 5.41) is 7.40. The third kappa shape index (κ3) is 3.88. The van der Waals surface area contributed by atoms with Crippen molar-refractivity contribution in [1.29, 1.82) is 0 Å². The summed E-state index contributed by atoms with van der Waals surface area (Å²) in [6, 6.07) is 24.8. The molecule has 0 unspecified atom stereocenters. The second-order valence-corrected chi connectivity index (χ2v) is 7.14. The van der Waals surface area contributed by atoms with E-state index in [-0.39, 0.29) is 5.91 Å². The van der Waals surface area contributed by atoms with E-state index in [1.165, 1.54) is 0 Å². The first kappa shape index (κ1) is 17.4. The highest BCUT2D eigenvalue weighted by atomic mass is 79.9. The van der Waals surface area contributed by atoms with Gasteiger partial charge in [-0.2, -0.15) is 0 Å². The van der Waals surface area contributed by atoms with E-state index < -0.39 is 6.04 Å². The van der Waals surface area contributed by atoms with Crippen molar-refractivity contribution >= 4 is 44.1 Å². The van der Waals surface area contributed by atoms with Gasteiger partial charge in [-0.3, -0.25) is 4.79 Å². The first-order valence-electron chi connectivity index (χ1n) is 8.65. The number of anilines is 2. The Balaban J connectivity index is 1.65. The zero-order valence-corrected chi connectivity index (χ0v) is 16.0. The van der Waals surface area contributed by atoms with Crippen molar-refractivity contribution in [1.82, 2.24) is 4.98 Å². The number of H-pyrrole nitrogens is 1. The average molecular weight is 420 g/mol. The van der Waals surface area contributed by atoms with Gasteiger partial charge in [0.1, 0.15) is 6.04 Å². The molecule has 0 fully saturated rings. The van der Waals surface area contributed by atoms with Crippen LogP contribution in [0, 0.1) is 0 Å². The number of nitrogens with one attached hydrogen (secondary N) is 3. The predicted octanol–water partition coefficient (Wildman–Crippen LogP) is 5.72. The molecule has 0 saturated carbocycles. The molecule has 4 nitrogen and oxygen atoms in total. The molecule has 1 atom stereocenters. The summed E-state index contributed by atoms with van der Waals surface area (Å²) in [5.41, 5.74) is 3.56. The zero-order valence-electron chi connectivity index (χ0n) is 14.4. The van der Waals surface area contributed by atoms with Gasteiger partial charge in [-0.1, -0.05) is 52.3 Å². The lowest BCUT2D eigenvalue weighted by molar-refractivity contribution is -0.117. The number of hydrogen-bond acceptors (Lipinski definition) is 2. The number of rotatable bonds is 5. The molecule has 0 aliphatic heterocycles. The quantitative estimate of drug-likeness (QED) is 0.387. The molecule has 0 bridgehead atoms. The molecular weight excluding hydrogens is 402 g/mol. The molecule has 0 aliphatic carbocycles. The summed E-state index contributed by atoms with van der Waals surface area (Å²) < 4.78 is 0.974. The molecule has 4 aromatic rings. The van der Waals surface area contributed by atoms with Crippen molar-refractivity contribution in [3.63, 3.8) is 0 Å². The van der Waals surface area contributed by atoms with Gasteiger partial charge >= 0.3 is 0 Å². The Morgan fingerprint density at radius 2 is 1.67 bits per heavy atom. The first-order chi connectivity index (χ1) is 13.2. The van der Waals surface area contributed by atoms with Crippen LogP contribution in [0.2, 0.25) is 0 Å². The summed E-state index contributed by atoms with van der Waals surface area (Å²) in [6.07, 6.45) is 1.87. The van der Waals surface area contributed by atoms with Gasteiger partial charge in [0.2, 0.25) is 0 Å². The van der Waals surface area contributed by atoms with E-state index in [9.17, 15) is 4.79 Å². The Bertz CT molecular complexity index is 1060. The van der Waals surface area contributed by atoms with E-state index in [4.69, 9.17) is 0 Å². The smallest absolute Gasteiger partial charge is 0.251 e. The number of amides is 1. The molecule has 134 valence electrons. The highest BCUT2D eigenvalue weighted by molar-refractivity contribution is 9.10. The van der Waals surface area contributed by atoms with Crippen LogP contribution in [0.25, 0.3) is 10.9 Å². The summed E-state index contributed by atoms with van der Waals surface area (Å²) in [7, 11) is 0. The molecule has 0 radical (unpaired) electrons. The lowest BCUT2D eigenvalue weighted by Gasteiger charge is -2.20. The van der Waals surface area contributed by atoms with E-state index in [1.807, 2.05) is 85.1 Å². The number of carbonyl (C=O) groups excluding carboxylic acids is 1. The number of halogens is 1. The van der Waals surface area contributed by atoms with Crippen LogP contribution < -0.4 is 10.6 Å². The standard InChI is InChI=1S/C22H18BrN3O/c23-16-11-9-15(10-12-16)21(25-17-5-2-1-3-6-17)22(27)26-20-8-4-7-19-18(20)13-14-24-19/h1-14,21,24-25H,(H,26,27)/t21-/m1/s1. The van der Waals surface area contributed by atoms with Gasteiger partial charge in [-0.25, -0.2) is 0 Å². The Morgan fingerprint density at radius 3 is 2.44 bits per heavy atom. The Labute approximate surface area is 165 Å². The van der Waals surface area contributed by atoms with Crippen LogP contribution in [0.3, 0.4) is 0 Å². The molecule has 4 rings (SSSR count). The second-order valence-electron chi connectivity index (χ2n) is 6.23. The van der Waals surface area contributed by atoms with Crippen molar-refractivity contribution in [2.75, 3.05) is 10.6 Å². The first-order valence-corrected chi connectivity index (χ1v) is 9.44. The fourth-order valence-corrected chi connectivity index (χ4v) is 3.32. The van der Waals surface area contributed by atoms with Crippen LogP contribution in [0.5, 0.6) is 0 Å². The molecule has 1 amide bonds. The zero-order chi connectivity index (χ0) is 18.6. The lowest BCUT2D eigenvalue weighted by atomic mass is 10.1. The molecular formula is C22H18BrN3O. The van der Waals surface area contributed by atoms with Crippen LogP contribution in [0.1, 0.15) is 11.6 Å². The minimum absolute atomic E-state index is 0.116. The normalized spacial score (nSPS) is 11.9. The number of hydrogen-bond donors (Lipinski definition) is 3. The minimum atomic E-state index is -0.519. The number of benzene rings is 3. The maximum absolute atomic E-state index is 13.2. The van der Waals surface area contributed by atoms with Gasteiger partial charge in [0.25, 0.3) is 5.91 Å². The average Bonchev–Trinajstić information content (AvgIpc) is 3.18. The minimum Gasteiger partial charge on any atom is -0.370 e. The molecule has 3 N–H and O–H groups in total. The number of para-hydroxylation sites is 1. The third-order valence-electron chi connectivity index (χ3n) is 4.40. The van der Waals surface area contributed by atoms with E-state index >= 15 is 0 Å². The lowest BCUT2D eigenvalue weighted by Crippen LogP contribution is -2.27. The fourth-order valence-electron chi connectivity index (χ4n) is 3.06. The van der Waals surface area contributed by atoms with Gasteiger partial charge in [-0.05, 0) is 48.0 Å². The van der Waals surface area contributed by atoms with E-state index in [1.54, 1.807) is 0 Å². The van der Waals surface area contributed by atoms with E-state index in [0.29, 0.717) is 0 Å². The third-order valence-corrected chi connectivity index (χ3v) is 4.93. The molecule has 3 aromatic carbocycles. The molecule has 0 aliphatic rings. The van der Waals surface area contributed by atoms with E-state index in [2.05, 4.69) is 31.5 Å². The van der Waals surface area contributed by atoms with E-state index in [0.717, 1.165) is 32.3 Å². The number of carbonyl (C=O) groups is 1. The Morgan fingerprint density at radius 1 is 0.889 bits per heavy atom. The van der Waals surface area contributed by atoms with Gasteiger partial charge in [0, 0.05) is 27.3 Å². The van der Waals surface area contributed by atoms with Crippen molar-refractivity contribution in [2.45, 2.75) is 6.04 Å². The molecule has 1 heterocycles.